The number of carboxylic acid groups (broad SMARTS) is 1. The van der Waals surface area contributed by atoms with Gasteiger partial charge < -0.3 is 14.6 Å². The number of ether oxygens (including phenoxy) is 2. The highest BCUT2D eigenvalue weighted by molar-refractivity contribution is 7.12. The molecule has 21 heavy (non-hydrogen) atoms. The highest BCUT2D eigenvalue weighted by Crippen LogP contribution is 2.21. The summed E-state index contributed by atoms with van der Waals surface area (Å²) in [7, 11) is 0. The molecule has 0 aliphatic heterocycles. The lowest BCUT2D eigenvalue weighted by Gasteiger charge is -2.08. The Morgan fingerprint density at radius 3 is 2.24 bits per heavy atom. The van der Waals surface area contributed by atoms with Crippen LogP contribution in [0.4, 0.5) is 0 Å². The monoisotopic (exact) mass is 306 g/mol. The molecular weight excluding hydrogens is 288 g/mol. The Balaban J connectivity index is 1.71. The van der Waals surface area contributed by atoms with Crippen LogP contribution < -0.4 is 9.47 Å². The van der Waals surface area contributed by atoms with Crippen LogP contribution in [0.1, 0.15) is 27.2 Å². The van der Waals surface area contributed by atoms with Gasteiger partial charge in [-0.3, -0.25) is 0 Å². The van der Waals surface area contributed by atoms with E-state index in [4.69, 9.17) is 14.6 Å². The second-order valence-electron chi connectivity index (χ2n) is 4.83. The normalized spacial score (nSPS) is 10.4. The average molecular weight is 306 g/mol. The van der Waals surface area contributed by atoms with Gasteiger partial charge in [-0.15, -0.1) is 11.3 Å². The molecule has 0 spiro atoms. The first-order valence-electron chi connectivity index (χ1n) is 6.70. The molecule has 1 aromatic carbocycles. The van der Waals surface area contributed by atoms with E-state index in [1.165, 1.54) is 28.5 Å². The van der Waals surface area contributed by atoms with E-state index in [-0.39, 0.29) is 4.88 Å². The van der Waals surface area contributed by atoms with E-state index < -0.39 is 5.97 Å². The summed E-state index contributed by atoms with van der Waals surface area (Å²) < 4.78 is 11.2. The van der Waals surface area contributed by atoms with Crippen molar-refractivity contribution in [2.75, 3.05) is 13.2 Å². The Morgan fingerprint density at radius 2 is 1.67 bits per heavy atom. The number of rotatable bonds is 7. The molecule has 0 aliphatic rings. The molecule has 4 nitrogen and oxygen atoms in total. The third kappa shape index (κ3) is 4.79. The molecule has 5 heteroatoms. The third-order valence-electron chi connectivity index (χ3n) is 2.81. The first-order valence-corrected chi connectivity index (χ1v) is 7.58. The summed E-state index contributed by atoms with van der Waals surface area (Å²) in [4.78, 5) is 11.0. The molecule has 1 heterocycles. The molecule has 0 bridgehead atoms. The van der Waals surface area contributed by atoms with Gasteiger partial charge in [0.25, 0.3) is 0 Å². The first-order chi connectivity index (χ1) is 10.0. The lowest BCUT2D eigenvalue weighted by atomic mass is 10.1. The Bertz CT molecular complexity index is 598. The van der Waals surface area contributed by atoms with Gasteiger partial charge in [0.15, 0.2) is 0 Å². The van der Waals surface area contributed by atoms with Crippen LogP contribution in [0.3, 0.4) is 0 Å². The molecular formula is C16H18O4S. The fourth-order valence-electron chi connectivity index (χ4n) is 1.96. The van der Waals surface area contributed by atoms with Crippen molar-refractivity contribution in [3.05, 3.63) is 45.6 Å². The van der Waals surface area contributed by atoms with Gasteiger partial charge in [-0.05, 0) is 37.1 Å². The van der Waals surface area contributed by atoms with Gasteiger partial charge in [0.2, 0.25) is 0 Å². The lowest BCUT2D eigenvalue weighted by molar-refractivity contribution is 0.0701. The Labute approximate surface area is 128 Å². The summed E-state index contributed by atoms with van der Waals surface area (Å²) in [5.41, 5.74) is 2.36. The Kier molecular flexibility index (Phi) is 5.22. The van der Waals surface area contributed by atoms with Crippen molar-refractivity contribution in [2.24, 2.45) is 0 Å². The lowest BCUT2D eigenvalue weighted by Crippen LogP contribution is -2.05. The van der Waals surface area contributed by atoms with Crippen LogP contribution in [0.2, 0.25) is 0 Å². The van der Waals surface area contributed by atoms with E-state index >= 15 is 0 Å². The number of carbonyl (C=O) groups is 1. The van der Waals surface area contributed by atoms with Crippen molar-refractivity contribution in [1.82, 2.24) is 0 Å². The molecule has 0 radical (unpaired) electrons. The van der Waals surface area contributed by atoms with Crippen molar-refractivity contribution in [1.29, 1.82) is 0 Å². The zero-order chi connectivity index (χ0) is 15.2. The molecule has 0 unspecified atom stereocenters. The van der Waals surface area contributed by atoms with Crippen LogP contribution in [0.15, 0.2) is 29.6 Å². The van der Waals surface area contributed by atoms with E-state index in [9.17, 15) is 4.79 Å². The molecule has 0 amide bonds. The topological polar surface area (TPSA) is 55.8 Å². The molecule has 0 saturated carbocycles. The van der Waals surface area contributed by atoms with Crippen molar-refractivity contribution in [2.45, 2.75) is 20.3 Å². The molecule has 1 N–H and O–H groups in total. The summed E-state index contributed by atoms with van der Waals surface area (Å²) in [6.45, 7) is 5.15. The van der Waals surface area contributed by atoms with Crippen LogP contribution in [0.5, 0.6) is 11.5 Å². The van der Waals surface area contributed by atoms with E-state index in [2.05, 4.69) is 6.07 Å². The van der Waals surface area contributed by atoms with Gasteiger partial charge in [0.1, 0.15) is 16.4 Å². The Morgan fingerprint density at radius 1 is 1.05 bits per heavy atom. The number of aryl methyl sites for hydroxylation is 2. The van der Waals surface area contributed by atoms with Crippen LogP contribution >= 0.6 is 11.3 Å². The predicted molar refractivity (Wildman–Crippen MR) is 82.8 cm³/mol. The molecule has 0 atom stereocenters. The van der Waals surface area contributed by atoms with E-state index in [1.54, 1.807) is 5.38 Å². The molecule has 0 saturated heterocycles. The van der Waals surface area contributed by atoms with Gasteiger partial charge in [0.05, 0.1) is 13.2 Å². The maximum absolute atomic E-state index is 10.7. The maximum Gasteiger partial charge on any atom is 0.346 e. The van der Waals surface area contributed by atoms with E-state index in [0.717, 1.165) is 12.2 Å². The van der Waals surface area contributed by atoms with Crippen molar-refractivity contribution in [3.8, 4) is 11.5 Å². The van der Waals surface area contributed by atoms with Gasteiger partial charge in [-0.1, -0.05) is 6.07 Å². The van der Waals surface area contributed by atoms with Crippen LogP contribution in [-0.4, -0.2) is 24.3 Å². The minimum absolute atomic E-state index is 0.288. The highest BCUT2D eigenvalue weighted by Gasteiger charge is 2.07. The second-order valence-corrected chi connectivity index (χ2v) is 5.74. The van der Waals surface area contributed by atoms with Crippen molar-refractivity contribution < 1.29 is 19.4 Å². The SMILES string of the molecule is Cc1cc(C)cc(OCCCOc2csc(C(=O)O)c2)c1. The molecule has 0 fully saturated rings. The first kappa shape index (κ1) is 15.4. The van der Waals surface area contributed by atoms with Crippen molar-refractivity contribution >= 4 is 17.3 Å². The summed E-state index contributed by atoms with van der Waals surface area (Å²) in [5, 5.41) is 10.5. The largest absolute Gasteiger partial charge is 0.493 e. The highest BCUT2D eigenvalue weighted by atomic mass is 32.1. The summed E-state index contributed by atoms with van der Waals surface area (Å²) >= 11 is 1.17. The maximum atomic E-state index is 10.7. The average Bonchev–Trinajstić information content (AvgIpc) is 2.86. The number of hydrogen-bond donors (Lipinski definition) is 1. The van der Waals surface area contributed by atoms with E-state index in [0.29, 0.717) is 19.0 Å². The quantitative estimate of drug-likeness (QED) is 0.788. The van der Waals surface area contributed by atoms with Gasteiger partial charge >= 0.3 is 5.97 Å². The minimum atomic E-state index is -0.923. The smallest absolute Gasteiger partial charge is 0.346 e. The fraction of sp³-hybridized carbons (Fsp3) is 0.312. The number of hydrogen-bond acceptors (Lipinski definition) is 4. The van der Waals surface area contributed by atoms with Gasteiger partial charge in [-0.25, -0.2) is 4.79 Å². The van der Waals surface area contributed by atoms with Crippen LogP contribution in [0.25, 0.3) is 0 Å². The Hall–Kier alpha value is -2.01. The van der Waals surface area contributed by atoms with Gasteiger partial charge in [-0.2, -0.15) is 0 Å². The van der Waals surface area contributed by atoms with Crippen molar-refractivity contribution in [3.63, 3.8) is 0 Å². The fourth-order valence-corrected chi connectivity index (χ4v) is 2.63. The predicted octanol–water partition coefficient (Wildman–Crippen LogP) is 3.91. The van der Waals surface area contributed by atoms with Crippen LogP contribution in [-0.2, 0) is 0 Å². The third-order valence-corrected chi connectivity index (χ3v) is 3.70. The zero-order valence-electron chi connectivity index (χ0n) is 12.1. The number of benzene rings is 1. The summed E-state index contributed by atoms with van der Waals surface area (Å²) in [6.07, 6.45) is 0.741. The summed E-state index contributed by atoms with van der Waals surface area (Å²) in [5.74, 6) is 0.549. The minimum Gasteiger partial charge on any atom is -0.493 e. The number of thiophene rings is 1. The molecule has 0 aliphatic carbocycles. The number of carboxylic acids is 1. The molecule has 1 aromatic heterocycles. The number of aromatic carboxylic acids is 1. The van der Waals surface area contributed by atoms with Gasteiger partial charge in [0, 0.05) is 17.9 Å². The molecule has 2 rings (SSSR count). The summed E-state index contributed by atoms with van der Waals surface area (Å²) in [6, 6.07) is 7.65. The van der Waals surface area contributed by atoms with E-state index in [1.807, 2.05) is 26.0 Å². The standard InChI is InChI=1S/C16H18O4S/c1-11-6-12(2)8-13(7-11)19-4-3-5-20-14-9-15(16(17)18)21-10-14/h6-10H,3-5H2,1-2H3,(H,17,18). The molecule has 2 aromatic rings. The molecule has 112 valence electrons. The second kappa shape index (κ2) is 7.13. The zero-order valence-corrected chi connectivity index (χ0v) is 12.9. The van der Waals surface area contributed by atoms with Crippen LogP contribution in [0, 0.1) is 13.8 Å².